The monoisotopic (exact) mass is 287 g/mol. The molecular weight excluding hydrogens is 266 g/mol. The summed E-state index contributed by atoms with van der Waals surface area (Å²) >= 11 is 0. The van der Waals surface area contributed by atoms with Gasteiger partial charge in [0.15, 0.2) is 11.5 Å². The molecule has 1 unspecified atom stereocenters. The summed E-state index contributed by atoms with van der Waals surface area (Å²) in [5, 5.41) is 13.2. The number of ether oxygens (including phenoxy) is 2. The predicted molar refractivity (Wildman–Crippen MR) is 84.4 cm³/mol. The number of nitrogens with one attached hydrogen (secondary N) is 1. The van der Waals surface area contributed by atoms with Gasteiger partial charge in [-0.1, -0.05) is 17.7 Å². The Labute approximate surface area is 125 Å². The van der Waals surface area contributed by atoms with E-state index in [4.69, 9.17) is 9.47 Å². The lowest BCUT2D eigenvalue weighted by Crippen LogP contribution is -2.08. The van der Waals surface area contributed by atoms with Gasteiger partial charge in [-0.05, 0) is 32.0 Å². The number of rotatable bonds is 5. The van der Waals surface area contributed by atoms with Crippen molar-refractivity contribution >= 4 is 5.69 Å². The fourth-order valence-electron chi connectivity index (χ4n) is 2.30. The number of phenols is 1. The number of hydrogen-bond donors (Lipinski definition) is 2. The second kappa shape index (κ2) is 6.39. The van der Waals surface area contributed by atoms with E-state index in [1.807, 2.05) is 18.2 Å². The molecule has 0 aromatic heterocycles. The van der Waals surface area contributed by atoms with Crippen molar-refractivity contribution in [2.75, 3.05) is 19.5 Å². The summed E-state index contributed by atoms with van der Waals surface area (Å²) in [4.78, 5) is 0. The zero-order chi connectivity index (χ0) is 15.4. The molecule has 0 saturated heterocycles. The van der Waals surface area contributed by atoms with Crippen LogP contribution in [0.25, 0.3) is 0 Å². The first-order chi connectivity index (χ1) is 10.0. The molecule has 4 nitrogen and oxygen atoms in total. The normalized spacial score (nSPS) is 11.8. The Kier molecular flexibility index (Phi) is 4.58. The number of aryl methyl sites for hydroxylation is 1. The van der Waals surface area contributed by atoms with Crippen LogP contribution in [-0.4, -0.2) is 19.3 Å². The molecule has 0 saturated carbocycles. The van der Waals surface area contributed by atoms with Gasteiger partial charge in [0.2, 0.25) is 0 Å². The zero-order valence-electron chi connectivity index (χ0n) is 12.8. The van der Waals surface area contributed by atoms with Crippen LogP contribution in [-0.2, 0) is 0 Å². The molecule has 0 bridgehead atoms. The summed E-state index contributed by atoms with van der Waals surface area (Å²) in [6.45, 7) is 4.10. The molecule has 2 aromatic rings. The molecule has 0 heterocycles. The van der Waals surface area contributed by atoms with Gasteiger partial charge in [-0.3, -0.25) is 0 Å². The Morgan fingerprint density at radius 2 is 1.67 bits per heavy atom. The third-order valence-electron chi connectivity index (χ3n) is 3.41. The van der Waals surface area contributed by atoms with Gasteiger partial charge in [-0.25, -0.2) is 0 Å². The Morgan fingerprint density at radius 1 is 1.00 bits per heavy atom. The highest BCUT2D eigenvalue weighted by molar-refractivity contribution is 5.55. The first-order valence-corrected chi connectivity index (χ1v) is 6.83. The molecule has 1 atom stereocenters. The summed E-state index contributed by atoms with van der Waals surface area (Å²) in [5.74, 6) is 1.42. The molecule has 112 valence electrons. The van der Waals surface area contributed by atoms with Crippen LogP contribution in [0, 0.1) is 6.92 Å². The quantitative estimate of drug-likeness (QED) is 0.876. The van der Waals surface area contributed by atoms with E-state index >= 15 is 0 Å². The van der Waals surface area contributed by atoms with Crippen LogP contribution in [0.5, 0.6) is 17.2 Å². The second-order valence-corrected chi connectivity index (χ2v) is 5.00. The lowest BCUT2D eigenvalue weighted by Gasteiger charge is -2.19. The van der Waals surface area contributed by atoms with E-state index in [9.17, 15) is 5.11 Å². The smallest absolute Gasteiger partial charge is 0.160 e. The van der Waals surface area contributed by atoms with Crippen LogP contribution >= 0.6 is 0 Å². The molecule has 0 radical (unpaired) electrons. The van der Waals surface area contributed by atoms with E-state index in [2.05, 4.69) is 25.2 Å². The largest absolute Gasteiger partial charge is 0.504 e. The number of anilines is 1. The molecule has 0 amide bonds. The van der Waals surface area contributed by atoms with Crippen molar-refractivity contribution < 1.29 is 14.6 Å². The van der Waals surface area contributed by atoms with Gasteiger partial charge in [0.1, 0.15) is 5.75 Å². The van der Waals surface area contributed by atoms with Crippen molar-refractivity contribution in [3.63, 3.8) is 0 Å². The molecule has 2 aromatic carbocycles. The maximum absolute atomic E-state index is 9.83. The summed E-state index contributed by atoms with van der Waals surface area (Å²) in [5.41, 5.74) is 3.08. The molecule has 2 N–H and O–H groups in total. The van der Waals surface area contributed by atoms with Gasteiger partial charge in [-0.15, -0.1) is 0 Å². The molecule has 0 aliphatic rings. The van der Waals surface area contributed by atoms with Crippen LogP contribution in [0.4, 0.5) is 5.69 Å². The van der Waals surface area contributed by atoms with E-state index in [1.165, 1.54) is 12.7 Å². The summed E-state index contributed by atoms with van der Waals surface area (Å²) in [7, 11) is 3.20. The summed E-state index contributed by atoms with van der Waals surface area (Å²) in [6, 6.07) is 11.4. The molecule has 0 aliphatic carbocycles. The summed E-state index contributed by atoms with van der Waals surface area (Å²) in [6.07, 6.45) is 0. The molecule has 4 heteroatoms. The van der Waals surface area contributed by atoms with Gasteiger partial charge in [-0.2, -0.15) is 0 Å². The number of benzene rings is 2. The minimum atomic E-state index is 0.0487. The minimum absolute atomic E-state index is 0.0487. The van der Waals surface area contributed by atoms with E-state index in [0.29, 0.717) is 5.75 Å². The Bertz CT molecular complexity index is 625. The second-order valence-electron chi connectivity index (χ2n) is 5.00. The van der Waals surface area contributed by atoms with Gasteiger partial charge in [0, 0.05) is 17.3 Å². The highest BCUT2D eigenvalue weighted by Crippen LogP contribution is 2.32. The average molecular weight is 287 g/mol. The average Bonchev–Trinajstić information content (AvgIpc) is 2.47. The molecule has 0 fully saturated rings. The number of hydrogen-bond acceptors (Lipinski definition) is 4. The molecule has 0 aliphatic heterocycles. The number of aromatic hydroxyl groups is 1. The fourth-order valence-corrected chi connectivity index (χ4v) is 2.30. The summed E-state index contributed by atoms with van der Waals surface area (Å²) < 4.78 is 10.5. The van der Waals surface area contributed by atoms with Crippen molar-refractivity contribution in [3.8, 4) is 17.2 Å². The van der Waals surface area contributed by atoms with Crippen LogP contribution in [0.15, 0.2) is 36.4 Å². The van der Waals surface area contributed by atoms with Crippen LogP contribution in [0.1, 0.15) is 24.1 Å². The first kappa shape index (κ1) is 15.0. The fraction of sp³-hybridized carbons (Fsp3) is 0.294. The van der Waals surface area contributed by atoms with E-state index < -0.39 is 0 Å². The third-order valence-corrected chi connectivity index (χ3v) is 3.41. The van der Waals surface area contributed by atoms with E-state index in [-0.39, 0.29) is 11.8 Å². The van der Waals surface area contributed by atoms with Crippen molar-refractivity contribution in [1.29, 1.82) is 0 Å². The Balaban J connectivity index is 2.23. The maximum Gasteiger partial charge on any atom is 0.160 e. The van der Waals surface area contributed by atoms with E-state index in [0.717, 1.165) is 17.0 Å². The van der Waals surface area contributed by atoms with Gasteiger partial charge in [0.05, 0.1) is 20.3 Å². The number of methoxy groups -OCH3 is 2. The van der Waals surface area contributed by atoms with Gasteiger partial charge < -0.3 is 19.9 Å². The Hall–Kier alpha value is -2.36. The topological polar surface area (TPSA) is 50.7 Å². The third kappa shape index (κ3) is 3.40. The number of phenolic OH excluding ortho intramolecular Hbond substituents is 1. The predicted octanol–water partition coefficient (Wildman–Crippen LogP) is 3.89. The van der Waals surface area contributed by atoms with Crippen LogP contribution in [0.2, 0.25) is 0 Å². The van der Waals surface area contributed by atoms with Crippen molar-refractivity contribution in [1.82, 2.24) is 0 Å². The Morgan fingerprint density at radius 3 is 2.29 bits per heavy atom. The van der Waals surface area contributed by atoms with E-state index in [1.54, 1.807) is 19.2 Å². The van der Waals surface area contributed by atoms with Gasteiger partial charge >= 0.3 is 0 Å². The van der Waals surface area contributed by atoms with Crippen LogP contribution in [0.3, 0.4) is 0 Å². The molecule has 2 rings (SSSR count). The molecule has 0 spiro atoms. The molecule has 21 heavy (non-hydrogen) atoms. The zero-order valence-corrected chi connectivity index (χ0v) is 12.8. The molecular formula is C17H21NO3. The van der Waals surface area contributed by atoms with Gasteiger partial charge in [0.25, 0.3) is 0 Å². The SMILES string of the molecule is COc1ccc(NC(C)c2cc(C)ccc2OC)cc1O. The standard InChI is InChI=1S/C17H21NO3/c1-11-5-7-16(20-3)14(9-11)12(2)18-13-6-8-17(21-4)15(19)10-13/h5-10,12,18-19H,1-4H3. The lowest BCUT2D eigenvalue weighted by molar-refractivity contribution is 0.373. The highest BCUT2D eigenvalue weighted by atomic mass is 16.5. The highest BCUT2D eigenvalue weighted by Gasteiger charge is 2.12. The van der Waals surface area contributed by atoms with Crippen LogP contribution < -0.4 is 14.8 Å². The minimum Gasteiger partial charge on any atom is -0.504 e. The van der Waals surface area contributed by atoms with Crippen molar-refractivity contribution in [2.24, 2.45) is 0 Å². The maximum atomic E-state index is 9.83. The lowest BCUT2D eigenvalue weighted by atomic mass is 10.0. The van der Waals surface area contributed by atoms with Crippen molar-refractivity contribution in [2.45, 2.75) is 19.9 Å². The first-order valence-electron chi connectivity index (χ1n) is 6.83. The van der Waals surface area contributed by atoms with Crippen molar-refractivity contribution in [3.05, 3.63) is 47.5 Å².